The Balaban J connectivity index is 2.29. The summed E-state index contributed by atoms with van der Waals surface area (Å²) in [6.07, 6.45) is 0. The van der Waals surface area contributed by atoms with Gasteiger partial charge in [0.05, 0.1) is 0 Å². The van der Waals surface area contributed by atoms with Crippen molar-refractivity contribution in [3.05, 3.63) is 50.6 Å². The zero-order valence-electron chi connectivity index (χ0n) is 9.61. The molecule has 0 aliphatic rings. The van der Waals surface area contributed by atoms with E-state index in [0.717, 1.165) is 21.3 Å². The maximum atomic E-state index is 12.2. The SMILES string of the molecule is CN(C)c1ccc(C(=O)c2cscc2Br)cc1. The Bertz CT molecular complexity index is 531. The first kappa shape index (κ1) is 12.3. The molecule has 0 fully saturated rings. The molecule has 0 amide bonds. The Morgan fingerprint density at radius 2 is 1.82 bits per heavy atom. The summed E-state index contributed by atoms with van der Waals surface area (Å²) in [7, 11) is 3.96. The van der Waals surface area contributed by atoms with Crippen molar-refractivity contribution in [2.45, 2.75) is 0 Å². The maximum absolute atomic E-state index is 12.2. The number of hydrogen-bond acceptors (Lipinski definition) is 3. The zero-order valence-corrected chi connectivity index (χ0v) is 12.0. The Kier molecular flexibility index (Phi) is 3.64. The number of thiophene rings is 1. The number of rotatable bonds is 3. The van der Waals surface area contributed by atoms with Gasteiger partial charge >= 0.3 is 0 Å². The summed E-state index contributed by atoms with van der Waals surface area (Å²) in [6, 6.07) is 7.63. The van der Waals surface area contributed by atoms with Crippen molar-refractivity contribution in [3.8, 4) is 0 Å². The second-order valence-electron chi connectivity index (χ2n) is 3.90. The normalized spacial score (nSPS) is 10.3. The Hall–Kier alpha value is -1.13. The van der Waals surface area contributed by atoms with Gasteiger partial charge in [-0.15, -0.1) is 0 Å². The summed E-state index contributed by atoms with van der Waals surface area (Å²) in [5.41, 5.74) is 2.54. The van der Waals surface area contributed by atoms with Crippen molar-refractivity contribution < 1.29 is 4.79 Å². The largest absolute Gasteiger partial charge is 0.378 e. The van der Waals surface area contributed by atoms with Crippen molar-refractivity contribution in [3.63, 3.8) is 0 Å². The molecule has 0 saturated carbocycles. The number of halogens is 1. The van der Waals surface area contributed by atoms with Gasteiger partial charge in [-0.05, 0) is 40.2 Å². The lowest BCUT2D eigenvalue weighted by atomic mass is 10.1. The van der Waals surface area contributed by atoms with E-state index in [1.54, 1.807) is 0 Å². The van der Waals surface area contributed by atoms with Crippen LogP contribution in [-0.4, -0.2) is 19.9 Å². The zero-order chi connectivity index (χ0) is 12.4. The molecule has 0 N–H and O–H groups in total. The van der Waals surface area contributed by atoms with Crippen LogP contribution in [0.25, 0.3) is 0 Å². The van der Waals surface area contributed by atoms with Gasteiger partial charge in [-0.1, -0.05) is 0 Å². The minimum absolute atomic E-state index is 0.0587. The van der Waals surface area contributed by atoms with E-state index in [0.29, 0.717) is 0 Å². The molecule has 2 rings (SSSR count). The molecule has 0 aliphatic heterocycles. The highest BCUT2D eigenvalue weighted by Gasteiger charge is 2.13. The van der Waals surface area contributed by atoms with Gasteiger partial charge in [0, 0.05) is 46.1 Å². The number of benzene rings is 1. The van der Waals surface area contributed by atoms with Gasteiger partial charge in [-0.25, -0.2) is 0 Å². The average molecular weight is 310 g/mol. The van der Waals surface area contributed by atoms with E-state index < -0.39 is 0 Å². The van der Waals surface area contributed by atoms with E-state index in [-0.39, 0.29) is 5.78 Å². The number of carbonyl (C=O) groups is 1. The van der Waals surface area contributed by atoms with Crippen molar-refractivity contribution in [2.75, 3.05) is 19.0 Å². The van der Waals surface area contributed by atoms with E-state index in [4.69, 9.17) is 0 Å². The smallest absolute Gasteiger partial charge is 0.194 e. The molecular formula is C13H12BrNOS. The molecule has 17 heavy (non-hydrogen) atoms. The van der Waals surface area contributed by atoms with Crippen LogP contribution in [0.2, 0.25) is 0 Å². The maximum Gasteiger partial charge on any atom is 0.194 e. The average Bonchev–Trinajstić information content (AvgIpc) is 2.74. The van der Waals surface area contributed by atoms with Crippen LogP contribution in [0.5, 0.6) is 0 Å². The fraction of sp³-hybridized carbons (Fsp3) is 0.154. The second kappa shape index (κ2) is 5.02. The molecule has 2 nitrogen and oxygen atoms in total. The quantitative estimate of drug-likeness (QED) is 0.804. The first-order chi connectivity index (χ1) is 8.09. The van der Waals surface area contributed by atoms with Crippen LogP contribution >= 0.6 is 27.3 Å². The van der Waals surface area contributed by atoms with Crippen molar-refractivity contribution in [1.29, 1.82) is 0 Å². The predicted octanol–water partition coefficient (Wildman–Crippen LogP) is 3.81. The minimum Gasteiger partial charge on any atom is -0.378 e. The molecule has 2 aromatic rings. The third-order valence-corrected chi connectivity index (χ3v) is 4.21. The van der Waals surface area contributed by atoms with Gasteiger partial charge in [-0.3, -0.25) is 4.79 Å². The van der Waals surface area contributed by atoms with Crippen molar-refractivity contribution in [2.24, 2.45) is 0 Å². The lowest BCUT2D eigenvalue weighted by Crippen LogP contribution is -2.09. The topological polar surface area (TPSA) is 20.3 Å². The summed E-state index contributed by atoms with van der Waals surface area (Å²) < 4.78 is 0.865. The van der Waals surface area contributed by atoms with Gasteiger partial charge in [0.1, 0.15) is 0 Å². The van der Waals surface area contributed by atoms with E-state index in [2.05, 4.69) is 15.9 Å². The standard InChI is InChI=1S/C13H12BrNOS/c1-15(2)10-5-3-9(4-6-10)13(16)11-7-17-8-12(11)14/h3-8H,1-2H3. The number of ketones is 1. The lowest BCUT2D eigenvalue weighted by Gasteiger charge is -2.12. The molecule has 0 unspecified atom stereocenters. The molecule has 0 bridgehead atoms. The molecule has 0 spiro atoms. The van der Waals surface area contributed by atoms with E-state index in [1.807, 2.05) is 54.0 Å². The fourth-order valence-electron chi connectivity index (χ4n) is 1.51. The molecule has 0 radical (unpaired) electrons. The molecule has 0 aliphatic carbocycles. The summed E-state index contributed by atoms with van der Waals surface area (Å²) in [6.45, 7) is 0. The molecule has 0 saturated heterocycles. The molecule has 4 heteroatoms. The van der Waals surface area contributed by atoms with Gasteiger partial charge in [0.15, 0.2) is 5.78 Å². The van der Waals surface area contributed by atoms with Crippen molar-refractivity contribution in [1.82, 2.24) is 0 Å². The summed E-state index contributed by atoms with van der Waals surface area (Å²) in [5.74, 6) is 0.0587. The van der Waals surface area contributed by atoms with Crippen LogP contribution < -0.4 is 4.90 Å². The van der Waals surface area contributed by atoms with Gasteiger partial charge in [0.25, 0.3) is 0 Å². The highest BCUT2D eigenvalue weighted by molar-refractivity contribution is 9.10. The fourth-order valence-corrected chi connectivity index (χ4v) is 2.96. The Morgan fingerprint density at radius 1 is 1.18 bits per heavy atom. The van der Waals surface area contributed by atoms with E-state index in [1.165, 1.54) is 11.3 Å². The van der Waals surface area contributed by atoms with Crippen LogP contribution in [0.4, 0.5) is 5.69 Å². The molecule has 0 atom stereocenters. The molecule has 1 heterocycles. The number of carbonyl (C=O) groups excluding carboxylic acids is 1. The van der Waals surface area contributed by atoms with Crippen LogP contribution in [0, 0.1) is 0 Å². The second-order valence-corrected chi connectivity index (χ2v) is 5.50. The first-order valence-corrected chi connectivity index (χ1v) is 6.87. The predicted molar refractivity (Wildman–Crippen MR) is 76.2 cm³/mol. The van der Waals surface area contributed by atoms with E-state index >= 15 is 0 Å². The summed E-state index contributed by atoms with van der Waals surface area (Å²) in [5, 5.41) is 3.79. The number of nitrogens with zero attached hydrogens (tertiary/aromatic N) is 1. The number of hydrogen-bond donors (Lipinski definition) is 0. The van der Waals surface area contributed by atoms with E-state index in [9.17, 15) is 4.79 Å². The van der Waals surface area contributed by atoms with Crippen LogP contribution in [0.1, 0.15) is 15.9 Å². The summed E-state index contributed by atoms with van der Waals surface area (Å²) in [4.78, 5) is 14.2. The van der Waals surface area contributed by atoms with Crippen LogP contribution in [0.15, 0.2) is 39.5 Å². The van der Waals surface area contributed by atoms with Crippen LogP contribution in [0.3, 0.4) is 0 Å². The molecular weight excluding hydrogens is 298 g/mol. The van der Waals surface area contributed by atoms with Gasteiger partial charge in [-0.2, -0.15) is 11.3 Å². The Morgan fingerprint density at radius 3 is 2.29 bits per heavy atom. The minimum atomic E-state index is 0.0587. The van der Waals surface area contributed by atoms with Crippen molar-refractivity contribution >= 4 is 38.7 Å². The molecule has 1 aromatic carbocycles. The highest BCUT2D eigenvalue weighted by atomic mass is 79.9. The summed E-state index contributed by atoms with van der Waals surface area (Å²) >= 11 is 4.90. The third-order valence-electron chi connectivity index (χ3n) is 2.51. The first-order valence-electron chi connectivity index (χ1n) is 5.13. The number of anilines is 1. The van der Waals surface area contributed by atoms with Crippen LogP contribution in [-0.2, 0) is 0 Å². The van der Waals surface area contributed by atoms with Gasteiger partial charge < -0.3 is 4.90 Å². The monoisotopic (exact) mass is 309 g/mol. The highest BCUT2D eigenvalue weighted by Crippen LogP contribution is 2.24. The lowest BCUT2D eigenvalue weighted by molar-refractivity contribution is 0.103. The Labute approximate surface area is 113 Å². The molecule has 1 aromatic heterocycles. The van der Waals surface area contributed by atoms with Gasteiger partial charge in [0.2, 0.25) is 0 Å². The third kappa shape index (κ3) is 2.58. The molecule has 88 valence electrons.